The fourth-order valence-electron chi connectivity index (χ4n) is 2.90. The molecule has 3 rings (SSSR count). The van der Waals surface area contributed by atoms with E-state index in [2.05, 4.69) is 15.5 Å². The van der Waals surface area contributed by atoms with Gasteiger partial charge in [-0.15, -0.1) is 21.5 Å². The van der Waals surface area contributed by atoms with Gasteiger partial charge < -0.3 is 15.6 Å². The fraction of sp³-hybridized carbons (Fsp3) is 0.500. The number of thioether (sulfide) groups is 1. The minimum Gasteiger partial charge on any atom is -0.365 e. The van der Waals surface area contributed by atoms with Gasteiger partial charge in [0.15, 0.2) is 5.16 Å². The number of carbonyl (C=O) groups is 2. The summed E-state index contributed by atoms with van der Waals surface area (Å²) in [7, 11) is 0. The number of hydrogen-bond donors (Lipinski definition) is 2. The minimum atomic E-state index is -0.470. The van der Waals surface area contributed by atoms with Crippen molar-refractivity contribution < 1.29 is 9.59 Å². The number of fused-ring (bicyclic) bond motifs is 1. The highest BCUT2D eigenvalue weighted by Gasteiger charge is 2.25. The van der Waals surface area contributed by atoms with Crippen LogP contribution in [0.2, 0.25) is 0 Å². The van der Waals surface area contributed by atoms with Gasteiger partial charge in [0.2, 0.25) is 5.91 Å². The lowest BCUT2D eigenvalue weighted by Crippen LogP contribution is -2.19. The number of aryl methyl sites for hydroxylation is 1. The van der Waals surface area contributed by atoms with Gasteiger partial charge in [-0.1, -0.05) is 11.8 Å². The van der Waals surface area contributed by atoms with Gasteiger partial charge in [-0.05, 0) is 45.1 Å². The molecule has 0 saturated carbocycles. The van der Waals surface area contributed by atoms with E-state index in [1.165, 1.54) is 28.0 Å². The SMILES string of the molecule is CC(C)n1cnnc1SCC(=O)Nc1sc2c(c1C(N)=O)CCCC2. The van der Waals surface area contributed by atoms with E-state index in [9.17, 15) is 9.59 Å². The molecule has 0 bridgehead atoms. The summed E-state index contributed by atoms with van der Waals surface area (Å²) >= 11 is 2.80. The van der Waals surface area contributed by atoms with E-state index in [1.54, 1.807) is 6.33 Å². The lowest BCUT2D eigenvalue weighted by atomic mass is 9.95. The van der Waals surface area contributed by atoms with E-state index in [0.717, 1.165) is 31.2 Å². The number of nitrogens with one attached hydrogen (secondary N) is 1. The lowest BCUT2D eigenvalue weighted by Gasteiger charge is -2.11. The molecular weight excluding hydrogens is 358 g/mol. The molecule has 0 aliphatic heterocycles. The Balaban J connectivity index is 1.70. The molecule has 25 heavy (non-hydrogen) atoms. The Hall–Kier alpha value is -1.87. The molecule has 2 heterocycles. The van der Waals surface area contributed by atoms with Gasteiger partial charge in [-0.25, -0.2) is 0 Å². The molecule has 9 heteroatoms. The van der Waals surface area contributed by atoms with Crippen molar-refractivity contribution in [3.63, 3.8) is 0 Å². The maximum absolute atomic E-state index is 12.3. The number of carbonyl (C=O) groups excluding carboxylic acids is 2. The maximum atomic E-state index is 12.3. The molecule has 0 fully saturated rings. The molecular formula is C16H21N5O2S2. The quantitative estimate of drug-likeness (QED) is 0.751. The number of thiophene rings is 1. The van der Waals surface area contributed by atoms with Gasteiger partial charge in [-0.3, -0.25) is 9.59 Å². The number of anilines is 1. The molecule has 3 N–H and O–H groups in total. The van der Waals surface area contributed by atoms with Crippen molar-refractivity contribution in [3.8, 4) is 0 Å². The lowest BCUT2D eigenvalue weighted by molar-refractivity contribution is -0.113. The second-order valence-corrected chi connectivity index (χ2v) is 8.28. The van der Waals surface area contributed by atoms with E-state index >= 15 is 0 Å². The van der Waals surface area contributed by atoms with Crippen LogP contribution in [0.5, 0.6) is 0 Å². The molecule has 2 aromatic rings. The number of nitrogens with two attached hydrogens (primary N) is 1. The van der Waals surface area contributed by atoms with Crippen LogP contribution in [0.4, 0.5) is 5.00 Å². The number of hydrogen-bond acceptors (Lipinski definition) is 6. The molecule has 134 valence electrons. The largest absolute Gasteiger partial charge is 0.365 e. The first-order valence-corrected chi connectivity index (χ1v) is 10.0. The highest BCUT2D eigenvalue weighted by Crippen LogP contribution is 2.38. The summed E-state index contributed by atoms with van der Waals surface area (Å²) in [6, 6.07) is 0.228. The number of nitrogens with zero attached hydrogens (tertiary/aromatic N) is 3. The van der Waals surface area contributed by atoms with Gasteiger partial charge in [-0.2, -0.15) is 0 Å². The van der Waals surface area contributed by atoms with E-state index in [-0.39, 0.29) is 17.7 Å². The molecule has 0 saturated heterocycles. The average Bonchev–Trinajstić information content (AvgIpc) is 3.16. The topological polar surface area (TPSA) is 103 Å². The van der Waals surface area contributed by atoms with Crippen molar-refractivity contribution in [2.45, 2.75) is 50.7 Å². The normalized spacial score (nSPS) is 13.7. The molecule has 1 aliphatic rings. The number of aromatic nitrogens is 3. The molecule has 2 amide bonds. The van der Waals surface area contributed by atoms with E-state index in [0.29, 0.717) is 15.7 Å². The first-order valence-electron chi connectivity index (χ1n) is 8.24. The van der Waals surface area contributed by atoms with Crippen molar-refractivity contribution in [2.24, 2.45) is 5.73 Å². The molecule has 0 spiro atoms. The zero-order valence-corrected chi connectivity index (χ0v) is 15.9. The summed E-state index contributed by atoms with van der Waals surface area (Å²) in [5.41, 5.74) is 7.06. The predicted molar refractivity (Wildman–Crippen MR) is 99.2 cm³/mol. The van der Waals surface area contributed by atoms with Crippen LogP contribution in [0.15, 0.2) is 11.5 Å². The standard InChI is InChI=1S/C16H21N5O2S2/c1-9(2)21-8-18-20-16(21)24-7-12(22)19-15-13(14(17)23)10-5-3-4-6-11(10)25-15/h8-9H,3-7H2,1-2H3,(H2,17,23)(H,19,22). The Morgan fingerprint density at radius 3 is 2.88 bits per heavy atom. The van der Waals surface area contributed by atoms with Gasteiger partial charge in [0.25, 0.3) is 5.91 Å². The number of amides is 2. The Morgan fingerprint density at radius 1 is 1.40 bits per heavy atom. The van der Waals surface area contributed by atoms with Gasteiger partial charge in [0, 0.05) is 10.9 Å². The molecule has 7 nitrogen and oxygen atoms in total. The van der Waals surface area contributed by atoms with Gasteiger partial charge in [0.05, 0.1) is 11.3 Å². The Labute approximate surface area is 154 Å². The Bertz CT molecular complexity index is 797. The summed E-state index contributed by atoms with van der Waals surface area (Å²) in [5.74, 6) is -0.446. The summed E-state index contributed by atoms with van der Waals surface area (Å²) in [6.07, 6.45) is 5.62. The molecule has 0 unspecified atom stereocenters. The van der Waals surface area contributed by atoms with Crippen molar-refractivity contribution in [2.75, 3.05) is 11.1 Å². The molecule has 2 aromatic heterocycles. The monoisotopic (exact) mass is 379 g/mol. The molecule has 1 aliphatic carbocycles. The zero-order valence-electron chi connectivity index (χ0n) is 14.2. The van der Waals surface area contributed by atoms with Gasteiger partial charge in [0.1, 0.15) is 11.3 Å². The van der Waals surface area contributed by atoms with Crippen molar-refractivity contribution in [3.05, 3.63) is 22.3 Å². The van der Waals surface area contributed by atoms with E-state index < -0.39 is 5.91 Å². The van der Waals surface area contributed by atoms with Crippen LogP contribution in [-0.2, 0) is 17.6 Å². The van der Waals surface area contributed by atoms with Crippen LogP contribution in [0.3, 0.4) is 0 Å². The van der Waals surface area contributed by atoms with Crippen molar-refractivity contribution in [1.82, 2.24) is 14.8 Å². The third kappa shape index (κ3) is 3.87. The van der Waals surface area contributed by atoms with Crippen LogP contribution >= 0.6 is 23.1 Å². The maximum Gasteiger partial charge on any atom is 0.251 e. The summed E-state index contributed by atoms with van der Waals surface area (Å²) < 4.78 is 1.91. The zero-order chi connectivity index (χ0) is 18.0. The van der Waals surface area contributed by atoms with E-state index in [4.69, 9.17) is 5.73 Å². The van der Waals surface area contributed by atoms with Crippen LogP contribution in [0.25, 0.3) is 0 Å². The minimum absolute atomic E-state index is 0.176. The highest BCUT2D eigenvalue weighted by molar-refractivity contribution is 7.99. The second-order valence-electron chi connectivity index (χ2n) is 6.23. The van der Waals surface area contributed by atoms with Crippen molar-refractivity contribution in [1.29, 1.82) is 0 Å². The van der Waals surface area contributed by atoms with Crippen LogP contribution in [-0.4, -0.2) is 32.3 Å². The Kier molecular flexibility index (Phi) is 5.43. The molecule has 0 radical (unpaired) electrons. The van der Waals surface area contributed by atoms with Gasteiger partial charge >= 0.3 is 0 Å². The smallest absolute Gasteiger partial charge is 0.251 e. The Morgan fingerprint density at radius 2 is 2.16 bits per heavy atom. The predicted octanol–water partition coefficient (Wildman–Crippen LogP) is 2.63. The van der Waals surface area contributed by atoms with Crippen molar-refractivity contribution >= 4 is 39.9 Å². The third-order valence-electron chi connectivity index (χ3n) is 4.10. The summed E-state index contributed by atoms with van der Waals surface area (Å²) in [5, 5.41) is 12.1. The third-order valence-corrected chi connectivity index (χ3v) is 6.26. The average molecular weight is 380 g/mol. The van der Waals surface area contributed by atoms with E-state index in [1.807, 2.05) is 18.4 Å². The van der Waals surface area contributed by atoms with Crippen LogP contribution in [0.1, 0.15) is 53.5 Å². The molecule has 0 aromatic carbocycles. The van der Waals surface area contributed by atoms with Crippen LogP contribution < -0.4 is 11.1 Å². The number of rotatable bonds is 6. The highest BCUT2D eigenvalue weighted by atomic mass is 32.2. The first kappa shape index (κ1) is 17.9. The number of primary amides is 1. The first-order chi connectivity index (χ1) is 12.0. The summed E-state index contributed by atoms with van der Waals surface area (Å²) in [4.78, 5) is 25.4. The second kappa shape index (κ2) is 7.57. The van der Waals surface area contributed by atoms with Crippen LogP contribution in [0, 0.1) is 0 Å². The fourth-order valence-corrected chi connectivity index (χ4v) is 5.05. The molecule has 0 atom stereocenters. The summed E-state index contributed by atoms with van der Waals surface area (Å²) in [6.45, 7) is 4.06.